The van der Waals surface area contributed by atoms with Gasteiger partial charge in [0, 0.05) is 12.4 Å². The Morgan fingerprint density at radius 2 is 1.58 bits per heavy atom. The number of carboxylic acid groups (broad SMARTS) is 1. The Hall–Kier alpha value is -0.180. The van der Waals surface area contributed by atoms with E-state index < -0.39 is 5.97 Å². The molecule has 19 heavy (non-hydrogen) atoms. The zero-order chi connectivity index (χ0) is 14.5. The number of unbranched alkanes of at least 4 members (excludes halogenated alkanes) is 5. The molecular weight excluding hydrogens is 256 g/mol. The van der Waals surface area contributed by atoms with Crippen molar-refractivity contribution in [3.8, 4) is 0 Å². The molecule has 0 amide bonds. The van der Waals surface area contributed by atoms with Crippen LogP contribution in [0.1, 0.15) is 78.1 Å². The largest absolute Gasteiger partial charge is 0.550 e. The van der Waals surface area contributed by atoms with Crippen molar-refractivity contribution in [3.05, 3.63) is 0 Å². The summed E-state index contributed by atoms with van der Waals surface area (Å²) in [4.78, 5) is 10.6. The first-order chi connectivity index (χ1) is 9.11. The monoisotopic (exact) mass is 288 g/mol. The van der Waals surface area contributed by atoms with E-state index in [-0.39, 0.29) is 17.3 Å². The van der Waals surface area contributed by atoms with Gasteiger partial charge in [-0.2, -0.15) is 0 Å². The lowest BCUT2D eigenvalue weighted by Crippen LogP contribution is -2.29. The van der Waals surface area contributed by atoms with Gasteiger partial charge in [0.15, 0.2) is 0 Å². The summed E-state index contributed by atoms with van der Waals surface area (Å²) in [5.41, 5.74) is 0. The topological polar surface area (TPSA) is 40.1 Å². The van der Waals surface area contributed by atoms with Crippen LogP contribution in [0, 0.1) is 0 Å². The van der Waals surface area contributed by atoms with Crippen molar-refractivity contribution >= 4 is 16.9 Å². The van der Waals surface area contributed by atoms with Gasteiger partial charge >= 0.3 is 0 Å². The summed E-state index contributed by atoms with van der Waals surface area (Å²) >= 11 is 0. The third-order valence-electron chi connectivity index (χ3n) is 3.71. The summed E-state index contributed by atoms with van der Waals surface area (Å²) in [5.74, 6) is -0.0809. The lowest BCUT2D eigenvalue weighted by atomic mass is 10.1. The molecule has 0 aliphatic heterocycles. The number of hydrogen-bond donors (Lipinski definition) is 0. The van der Waals surface area contributed by atoms with Gasteiger partial charge in [0.2, 0.25) is 0 Å². The molecule has 0 radical (unpaired) electrons. The highest BCUT2D eigenvalue weighted by molar-refractivity contribution is 7.96. The lowest BCUT2D eigenvalue weighted by Gasteiger charge is -2.17. The zero-order valence-corrected chi connectivity index (χ0v) is 13.9. The molecule has 3 heteroatoms. The van der Waals surface area contributed by atoms with Crippen molar-refractivity contribution in [3.63, 3.8) is 0 Å². The third kappa shape index (κ3) is 11.4. The van der Waals surface area contributed by atoms with Crippen molar-refractivity contribution in [1.29, 1.82) is 0 Å². The van der Waals surface area contributed by atoms with Crippen LogP contribution in [0.4, 0.5) is 0 Å². The number of carbonyl (C=O) groups excluding carboxylic acids is 1. The number of carboxylic acids is 1. The predicted octanol–water partition coefficient (Wildman–Crippen LogP) is 3.29. The molecule has 0 aliphatic rings. The van der Waals surface area contributed by atoms with Crippen LogP contribution in [0.3, 0.4) is 0 Å². The highest BCUT2D eigenvalue weighted by Gasteiger charge is 2.24. The van der Waals surface area contributed by atoms with Crippen LogP contribution < -0.4 is 5.11 Å². The Labute approximate surface area is 122 Å². The summed E-state index contributed by atoms with van der Waals surface area (Å²) in [6.07, 6.45) is 14.2. The molecule has 0 aliphatic carbocycles. The minimum Gasteiger partial charge on any atom is -0.550 e. The van der Waals surface area contributed by atoms with Crippen LogP contribution in [0.25, 0.3) is 0 Å². The van der Waals surface area contributed by atoms with Crippen molar-refractivity contribution in [2.45, 2.75) is 83.3 Å². The summed E-state index contributed by atoms with van der Waals surface area (Å²) < 4.78 is 0. The van der Waals surface area contributed by atoms with E-state index >= 15 is 0 Å². The molecule has 0 aromatic carbocycles. The van der Waals surface area contributed by atoms with Gasteiger partial charge < -0.3 is 9.90 Å². The molecule has 0 spiro atoms. The number of carbonyl (C=O) groups is 1. The Kier molecular flexibility index (Phi) is 12.7. The van der Waals surface area contributed by atoms with E-state index in [1.165, 1.54) is 57.8 Å². The highest BCUT2D eigenvalue weighted by Crippen LogP contribution is 2.20. The Balaban J connectivity index is 3.94. The van der Waals surface area contributed by atoms with Crippen molar-refractivity contribution in [2.75, 3.05) is 12.0 Å². The van der Waals surface area contributed by atoms with Gasteiger partial charge in [-0.25, -0.2) is 0 Å². The molecule has 0 aromatic rings. The van der Waals surface area contributed by atoms with E-state index in [9.17, 15) is 9.90 Å². The standard InChI is InChI=1S/C16H32O2S/c1-4-6-8-9-10-12-15(11-7-5-2)19(3)14-13-16(17)18/h15H,4-14H2,1-3H3. The summed E-state index contributed by atoms with van der Waals surface area (Å²) in [5, 5.41) is 11.3. The van der Waals surface area contributed by atoms with Crippen LogP contribution >= 0.6 is 0 Å². The summed E-state index contributed by atoms with van der Waals surface area (Å²) in [6.45, 7) is 4.47. The third-order valence-corrected chi connectivity index (χ3v) is 6.16. The van der Waals surface area contributed by atoms with Gasteiger partial charge in [-0.1, -0.05) is 46.0 Å². The maximum Gasteiger partial charge on any atom is 0.118 e. The number of hydrogen-bond acceptors (Lipinski definition) is 2. The van der Waals surface area contributed by atoms with E-state index in [1.54, 1.807) is 0 Å². The van der Waals surface area contributed by atoms with Crippen LogP contribution in [0.15, 0.2) is 0 Å². The van der Waals surface area contributed by atoms with Crippen LogP contribution in [-0.2, 0) is 15.7 Å². The lowest BCUT2D eigenvalue weighted by molar-refractivity contribution is -0.305. The number of aliphatic carboxylic acids is 1. The molecule has 0 heterocycles. The first-order valence-electron chi connectivity index (χ1n) is 7.93. The van der Waals surface area contributed by atoms with Crippen LogP contribution in [-0.4, -0.2) is 23.2 Å². The van der Waals surface area contributed by atoms with Gasteiger partial charge in [0.05, 0.1) is 6.26 Å². The SMILES string of the molecule is CCCCCCCC(CCCC)[S+](C)CCC(=O)[O-]. The molecule has 2 nitrogen and oxygen atoms in total. The molecule has 0 N–H and O–H groups in total. The molecule has 0 rings (SSSR count). The number of rotatable bonds is 13. The molecule has 0 saturated heterocycles. The molecule has 0 saturated carbocycles. The fraction of sp³-hybridized carbons (Fsp3) is 0.938. The van der Waals surface area contributed by atoms with Gasteiger partial charge in [-0.3, -0.25) is 0 Å². The average Bonchev–Trinajstić information content (AvgIpc) is 2.39. The average molecular weight is 288 g/mol. The molecule has 2 atom stereocenters. The van der Waals surface area contributed by atoms with Gasteiger partial charge in [0.25, 0.3) is 0 Å². The van der Waals surface area contributed by atoms with E-state index in [1.807, 2.05) is 0 Å². The fourth-order valence-electron chi connectivity index (χ4n) is 2.37. The molecule has 114 valence electrons. The van der Waals surface area contributed by atoms with Crippen LogP contribution in [0.2, 0.25) is 0 Å². The minimum absolute atomic E-state index is 0.234. The van der Waals surface area contributed by atoms with Gasteiger partial charge in [0.1, 0.15) is 11.0 Å². The quantitative estimate of drug-likeness (QED) is 0.385. The first kappa shape index (κ1) is 18.8. The maximum absolute atomic E-state index is 10.6. The smallest absolute Gasteiger partial charge is 0.118 e. The summed E-state index contributed by atoms with van der Waals surface area (Å²) in [6, 6.07) is 0. The minimum atomic E-state index is -0.892. The molecule has 0 bridgehead atoms. The second-order valence-electron chi connectivity index (χ2n) is 5.48. The van der Waals surface area contributed by atoms with Crippen molar-refractivity contribution in [1.82, 2.24) is 0 Å². The van der Waals surface area contributed by atoms with E-state index in [2.05, 4.69) is 20.1 Å². The Morgan fingerprint density at radius 3 is 2.16 bits per heavy atom. The summed E-state index contributed by atoms with van der Waals surface area (Å²) in [7, 11) is 0.242. The van der Waals surface area contributed by atoms with Gasteiger partial charge in [-0.15, -0.1) is 0 Å². The van der Waals surface area contributed by atoms with Crippen molar-refractivity contribution in [2.24, 2.45) is 0 Å². The highest BCUT2D eigenvalue weighted by atomic mass is 32.2. The van der Waals surface area contributed by atoms with E-state index in [4.69, 9.17) is 0 Å². The Morgan fingerprint density at radius 1 is 1.00 bits per heavy atom. The maximum atomic E-state index is 10.6. The first-order valence-corrected chi connectivity index (χ1v) is 9.79. The fourth-order valence-corrected chi connectivity index (χ4v) is 4.33. The van der Waals surface area contributed by atoms with Crippen molar-refractivity contribution < 1.29 is 9.90 Å². The van der Waals surface area contributed by atoms with Gasteiger partial charge in [-0.05, 0) is 36.6 Å². The molecular formula is C16H32O2S. The normalized spacial score (nSPS) is 14.3. The second kappa shape index (κ2) is 12.8. The predicted molar refractivity (Wildman–Crippen MR) is 84.5 cm³/mol. The molecule has 2 unspecified atom stereocenters. The molecule has 0 aromatic heterocycles. The zero-order valence-electron chi connectivity index (χ0n) is 13.1. The van der Waals surface area contributed by atoms with E-state index in [0.717, 1.165) is 11.0 Å². The molecule has 0 fully saturated rings. The second-order valence-corrected chi connectivity index (χ2v) is 7.94. The van der Waals surface area contributed by atoms with Crippen LogP contribution in [0.5, 0.6) is 0 Å². The van der Waals surface area contributed by atoms with E-state index in [0.29, 0.717) is 0 Å². The Bertz CT molecular complexity index is 219.